The minimum atomic E-state index is -0.293. The van der Waals surface area contributed by atoms with Crippen LogP contribution in [0.5, 0.6) is 5.75 Å². The van der Waals surface area contributed by atoms with E-state index in [4.69, 9.17) is 0 Å². The summed E-state index contributed by atoms with van der Waals surface area (Å²) in [6.07, 6.45) is 5.97. The number of aromatic hydroxyl groups is 1. The number of carbonyl (C=O) groups excluding carboxylic acids is 1. The molecular formula is C23H21N3O2. The van der Waals surface area contributed by atoms with Crippen molar-refractivity contribution in [3.8, 4) is 5.75 Å². The van der Waals surface area contributed by atoms with Gasteiger partial charge in [-0.05, 0) is 43.0 Å². The highest BCUT2D eigenvalue weighted by Gasteiger charge is 2.26. The first-order valence-corrected chi connectivity index (χ1v) is 9.32. The number of phenolic OH excluding ortho intramolecular Hbond substituents is 1. The van der Waals surface area contributed by atoms with Crippen LogP contribution < -0.4 is 5.43 Å². The van der Waals surface area contributed by atoms with Crippen molar-refractivity contribution in [2.75, 3.05) is 0 Å². The zero-order chi connectivity index (χ0) is 19.5. The van der Waals surface area contributed by atoms with E-state index in [1.807, 2.05) is 42.5 Å². The van der Waals surface area contributed by atoms with Gasteiger partial charge in [0.05, 0.1) is 17.3 Å². The summed E-state index contributed by atoms with van der Waals surface area (Å²) in [6.45, 7) is 3.69. The lowest BCUT2D eigenvalue weighted by molar-refractivity contribution is 0.0956. The van der Waals surface area contributed by atoms with E-state index < -0.39 is 0 Å². The summed E-state index contributed by atoms with van der Waals surface area (Å²) in [5.74, 6) is 0.300. The second kappa shape index (κ2) is 7.64. The van der Waals surface area contributed by atoms with Crippen molar-refractivity contribution in [2.24, 2.45) is 5.10 Å². The van der Waals surface area contributed by atoms with E-state index in [-0.39, 0.29) is 11.7 Å². The number of fused-ring (bicyclic) bond motifs is 1. The first-order chi connectivity index (χ1) is 13.7. The highest BCUT2D eigenvalue weighted by molar-refractivity contribution is 6.06. The molecule has 0 aliphatic heterocycles. The van der Waals surface area contributed by atoms with Crippen LogP contribution in [0.25, 0.3) is 10.9 Å². The molecular weight excluding hydrogens is 350 g/mol. The van der Waals surface area contributed by atoms with Gasteiger partial charge in [-0.1, -0.05) is 36.4 Å². The van der Waals surface area contributed by atoms with Crippen molar-refractivity contribution < 1.29 is 9.90 Å². The maximum atomic E-state index is 12.8. The molecule has 0 unspecified atom stereocenters. The molecule has 0 bridgehead atoms. The van der Waals surface area contributed by atoms with E-state index >= 15 is 0 Å². The van der Waals surface area contributed by atoms with E-state index in [1.54, 1.807) is 12.1 Å². The smallest absolute Gasteiger partial charge is 0.272 e. The van der Waals surface area contributed by atoms with Crippen molar-refractivity contribution in [3.05, 3.63) is 83.6 Å². The van der Waals surface area contributed by atoms with Gasteiger partial charge >= 0.3 is 0 Å². The normalized spacial score (nSPS) is 13.7. The van der Waals surface area contributed by atoms with Gasteiger partial charge in [0.25, 0.3) is 5.91 Å². The molecule has 2 N–H and O–H groups in total. The topological polar surface area (TPSA) is 74.6 Å². The average Bonchev–Trinajstić information content (AvgIpc) is 3.55. The van der Waals surface area contributed by atoms with Gasteiger partial charge < -0.3 is 5.11 Å². The van der Waals surface area contributed by atoms with Gasteiger partial charge in [-0.15, -0.1) is 6.58 Å². The number of nitrogens with one attached hydrogen (secondary N) is 1. The van der Waals surface area contributed by atoms with Crippen LogP contribution in [0.1, 0.15) is 45.9 Å². The Bertz CT molecular complexity index is 1080. The molecule has 140 valence electrons. The summed E-state index contributed by atoms with van der Waals surface area (Å²) >= 11 is 0. The molecule has 2 aromatic carbocycles. The Kier molecular flexibility index (Phi) is 4.89. The quantitative estimate of drug-likeness (QED) is 0.385. The molecule has 5 heteroatoms. The maximum Gasteiger partial charge on any atom is 0.272 e. The molecule has 0 saturated heterocycles. The van der Waals surface area contributed by atoms with Gasteiger partial charge in [-0.25, -0.2) is 5.43 Å². The Morgan fingerprint density at radius 2 is 2.07 bits per heavy atom. The van der Waals surface area contributed by atoms with E-state index in [0.717, 1.165) is 35.0 Å². The van der Waals surface area contributed by atoms with Crippen LogP contribution in [0, 0.1) is 0 Å². The van der Waals surface area contributed by atoms with Crippen LogP contribution in [0.3, 0.4) is 0 Å². The lowest BCUT2D eigenvalue weighted by atomic mass is 10.1. The fourth-order valence-corrected chi connectivity index (χ4v) is 3.23. The molecule has 0 atom stereocenters. The summed E-state index contributed by atoms with van der Waals surface area (Å²) in [7, 11) is 0. The molecule has 3 aromatic rings. The minimum Gasteiger partial charge on any atom is -0.507 e. The SMILES string of the molecule is C=CCc1cccc(C=NNC(=O)c2cc(C3CC3)nc3ccccc23)c1O. The zero-order valence-electron chi connectivity index (χ0n) is 15.4. The van der Waals surface area contributed by atoms with E-state index in [0.29, 0.717) is 23.5 Å². The molecule has 1 aliphatic carbocycles. The third-order valence-corrected chi connectivity index (χ3v) is 4.86. The molecule has 0 radical (unpaired) electrons. The number of nitrogens with zero attached hydrogens (tertiary/aromatic N) is 2. The molecule has 1 saturated carbocycles. The molecule has 0 spiro atoms. The van der Waals surface area contributed by atoms with Crippen molar-refractivity contribution >= 4 is 23.0 Å². The molecule has 4 rings (SSSR count). The van der Waals surface area contributed by atoms with E-state index in [9.17, 15) is 9.90 Å². The Balaban J connectivity index is 1.58. The highest BCUT2D eigenvalue weighted by atomic mass is 16.3. The van der Waals surface area contributed by atoms with Gasteiger partial charge in [0.1, 0.15) is 5.75 Å². The van der Waals surface area contributed by atoms with Gasteiger partial charge in [-0.2, -0.15) is 5.10 Å². The number of hydrazone groups is 1. The van der Waals surface area contributed by atoms with Crippen molar-refractivity contribution in [1.29, 1.82) is 0 Å². The Morgan fingerprint density at radius 3 is 2.86 bits per heavy atom. The second-order valence-electron chi connectivity index (χ2n) is 6.93. The summed E-state index contributed by atoms with van der Waals surface area (Å²) in [6, 6.07) is 14.9. The molecule has 28 heavy (non-hydrogen) atoms. The Hall–Kier alpha value is -3.47. The van der Waals surface area contributed by atoms with Crippen molar-refractivity contribution in [3.63, 3.8) is 0 Å². The molecule has 1 fully saturated rings. The number of pyridine rings is 1. The van der Waals surface area contributed by atoms with Gasteiger partial charge in [-0.3, -0.25) is 9.78 Å². The van der Waals surface area contributed by atoms with Crippen LogP contribution >= 0.6 is 0 Å². The van der Waals surface area contributed by atoms with Crippen molar-refractivity contribution in [1.82, 2.24) is 10.4 Å². The average molecular weight is 371 g/mol. The predicted molar refractivity (Wildman–Crippen MR) is 111 cm³/mol. The maximum absolute atomic E-state index is 12.8. The third-order valence-electron chi connectivity index (χ3n) is 4.86. The zero-order valence-corrected chi connectivity index (χ0v) is 15.4. The van der Waals surface area contributed by atoms with Crippen LogP contribution in [-0.4, -0.2) is 22.2 Å². The summed E-state index contributed by atoms with van der Waals surface area (Å²) in [4.78, 5) is 17.5. The summed E-state index contributed by atoms with van der Waals surface area (Å²) in [5.41, 5.74) is 6.22. The predicted octanol–water partition coefficient (Wildman–Crippen LogP) is 4.31. The number of hydrogen-bond donors (Lipinski definition) is 2. The number of rotatable bonds is 6. The number of allylic oxidation sites excluding steroid dienone is 1. The highest BCUT2D eigenvalue weighted by Crippen LogP contribution is 2.40. The number of amides is 1. The van der Waals surface area contributed by atoms with E-state index in [2.05, 4.69) is 22.1 Å². The fourth-order valence-electron chi connectivity index (χ4n) is 3.23. The van der Waals surface area contributed by atoms with Crippen molar-refractivity contribution in [2.45, 2.75) is 25.2 Å². The summed E-state index contributed by atoms with van der Waals surface area (Å²) in [5, 5.41) is 15.1. The Labute approximate surface area is 163 Å². The lowest BCUT2D eigenvalue weighted by Gasteiger charge is -2.08. The van der Waals surface area contributed by atoms with Crippen LogP contribution in [-0.2, 0) is 6.42 Å². The van der Waals surface area contributed by atoms with Gasteiger partial charge in [0.15, 0.2) is 0 Å². The van der Waals surface area contributed by atoms with E-state index in [1.165, 1.54) is 6.21 Å². The minimum absolute atomic E-state index is 0.144. The molecule has 1 aliphatic rings. The van der Waals surface area contributed by atoms with Gasteiger partial charge in [0.2, 0.25) is 0 Å². The number of phenols is 1. The summed E-state index contributed by atoms with van der Waals surface area (Å²) < 4.78 is 0. The number of hydrogen-bond acceptors (Lipinski definition) is 4. The lowest BCUT2D eigenvalue weighted by Crippen LogP contribution is -2.18. The third kappa shape index (κ3) is 3.64. The molecule has 1 amide bonds. The monoisotopic (exact) mass is 371 g/mol. The second-order valence-corrected chi connectivity index (χ2v) is 6.93. The van der Waals surface area contributed by atoms with Gasteiger partial charge in [0, 0.05) is 22.6 Å². The van der Waals surface area contributed by atoms with Crippen LogP contribution in [0.4, 0.5) is 0 Å². The molecule has 1 aromatic heterocycles. The number of benzene rings is 2. The number of aromatic nitrogens is 1. The first-order valence-electron chi connectivity index (χ1n) is 9.32. The number of carbonyl (C=O) groups is 1. The largest absolute Gasteiger partial charge is 0.507 e. The molecule has 1 heterocycles. The van der Waals surface area contributed by atoms with Crippen LogP contribution in [0.15, 0.2) is 66.3 Å². The van der Waals surface area contributed by atoms with Crippen LogP contribution in [0.2, 0.25) is 0 Å². The molecule has 5 nitrogen and oxygen atoms in total. The standard InChI is InChI=1S/C23H21N3O2/c1-2-6-16-7-5-8-17(22(16)27)14-24-26-23(28)19-13-21(15-11-12-15)25-20-10-4-3-9-18(19)20/h2-5,7-10,13-15,27H,1,6,11-12H2,(H,26,28). The number of para-hydroxylation sites is 2. The first kappa shape index (κ1) is 17.9. The fraction of sp³-hybridized carbons (Fsp3) is 0.174. The Morgan fingerprint density at radius 1 is 1.25 bits per heavy atom.